The summed E-state index contributed by atoms with van der Waals surface area (Å²) in [5.41, 5.74) is 7.75. The third-order valence-electron chi connectivity index (χ3n) is 10.6. The van der Waals surface area contributed by atoms with E-state index in [9.17, 15) is 53.9 Å². The maximum Gasteiger partial charge on any atom is 0.313 e. The number of amides is 1. The van der Waals surface area contributed by atoms with Gasteiger partial charge in [-0.15, -0.1) is 0 Å². The van der Waals surface area contributed by atoms with Crippen LogP contribution in [0.3, 0.4) is 0 Å². The normalized spacial score (nSPS) is 12.9. The second kappa shape index (κ2) is 28.8. The van der Waals surface area contributed by atoms with Crippen LogP contribution in [-0.4, -0.2) is 75.0 Å². The van der Waals surface area contributed by atoms with E-state index in [1.165, 1.54) is 24.8 Å². The van der Waals surface area contributed by atoms with E-state index in [0.717, 1.165) is 23.8 Å². The molecule has 7 rings (SSSR count). The van der Waals surface area contributed by atoms with Gasteiger partial charge in [0, 0.05) is 85.4 Å². The highest BCUT2D eigenvalue weighted by molar-refractivity contribution is 9.08. The Morgan fingerprint density at radius 2 is 1.08 bits per heavy atom. The highest BCUT2D eigenvalue weighted by atomic mass is 79.9. The van der Waals surface area contributed by atoms with Gasteiger partial charge in [0.1, 0.15) is 17.5 Å². The minimum Gasteiger partial charge on any atom is -0.466 e. The molecule has 0 radical (unpaired) electrons. The molecule has 2 atom stereocenters. The molecule has 1 unspecified atom stereocenters. The number of benzene rings is 3. The summed E-state index contributed by atoms with van der Waals surface area (Å²) in [5.74, 6) is -10.9. The van der Waals surface area contributed by atoms with Gasteiger partial charge in [-0.25, -0.2) is 49.5 Å². The minimum atomic E-state index is -1.27. The highest BCUT2D eigenvalue weighted by Crippen LogP contribution is 2.27. The summed E-state index contributed by atoms with van der Waals surface area (Å²) >= 11 is 2.94. The van der Waals surface area contributed by atoms with Crippen LogP contribution >= 0.6 is 15.9 Å². The Bertz CT molecular complexity index is 2660. The van der Waals surface area contributed by atoms with Crippen molar-refractivity contribution in [3.05, 3.63) is 190 Å². The van der Waals surface area contributed by atoms with Crippen LogP contribution < -0.4 is 5.73 Å². The maximum atomic E-state index is 13.8. The van der Waals surface area contributed by atoms with Crippen molar-refractivity contribution in [2.24, 2.45) is 11.7 Å². The first kappa shape index (κ1) is 56.8. The van der Waals surface area contributed by atoms with Crippen molar-refractivity contribution in [1.29, 1.82) is 0 Å². The highest BCUT2D eigenvalue weighted by Gasteiger charge is 2.29. The number of piperidine rings is 1. The Morgan fingerprint density at radius 1 is 0.634 bits per heavy atom. The van der Waals surface area contributed by atoms with E-state index in [1.54, 1.807) is 61.5 Å². The first-order valence-corrected chi connectivity index (χ1v) is 23.0. The molecule has 1 amide bonds. The van der Waals surface area contributed by atoms with Crippen LogP contribution in [0.15, 0.2) is 104 Å². The van der Waals surface area contributed by atoms with Crippen molar-refractivity contribution < 1.29 is 63.4 Å². The van der Waals surface area contributed by atoms with Crippen LogP contribution in [-0.2, 0) is 43.7 Å². The number of halogens is 10. The maximum absolute atomic E-state index is 13.8. The molecule has 11 nitrogen and oxygen atoms in total. The van der Waals surface area contributed by atoms with Crippen molar-refractivity contribution in [3.63, 3.8) is 0 Å². The Balaban J connectivity index is 0.000000219. The predicted molar refractivity (Wildman–Crippen MR) is 246 cm³/mol. The molecule has 1 fully saturated rings. The number of pyridine rings is 2. The molecule has 0 spiro atoms. The molecule has 0 aliphatic carbocycles. The van der Waals surface area contributed by atoms with Gasteiger partial charge < -0.3 is 20.1 Å². The number of esters is 2. The molecule has 0 saturated carbocycles. The minimum absolute atomic E-state index is 0.0586. The van der Waals surface area contributed by atoms with Crippen molar-refractivity contribution in [3.8, 4) is 0 Å². The fourth-order valence-corrected chi connectivity index (χ4v) is 7.31. The van der Waals surface area contributed by atoms with Crippen molar-refractivity contribution in [2.45, 2.75) is 63.2 Å². The molecule has 4 heterocycles. The van der Waals surface area contributed by atoms with Gasteiger partial charge in [-0.1, -0.05) is 15.9 Å². The Morgan fingerprint density at radius 3 is 1.58 bits per heavy atom. The smallest absolute Gasteiger partial charge is 0.313 e. The second-order valence-corrected chi connectivity index (χ2v) is 16.0. The molecule has 71 heavy (non-hydrogen) atoms. The molecular weight excluding hydrogens is 1020 g/mol. The van der Waals surface area contributed by atoms with Crippen LogP contribution in [0, 0.1) is 58.3 Å². The Labute approximate surface area is 411 Å². The monoisotopic (exact) mass is 1060 g/mol. The summed E-state index contributed by atoms with van der Waals surface area (Å²) < 4.78 is 127. The van der Waals surface area contributed by atoms with E-state index in [1.807, 2.05) is 0 Å². The van der Waals surface area contributed by atoms with E-state index >= 15 is 0 Å². The number of aromatic nitrogens is 4. The molecule has 2 N–H and O–H groups in total. The van der Waals surface area contributed by atoms with E-state index in [4.69, 9.17) is 15.2 Å². The van der Waals surface area contributed by atoms with Crippen molar-refractivity contribution >= 4 is 33.8 Å². The van der Waals surface area contributed by atoms with Gasteiger partial charge in [-0.05, 0) is 116 Å². The zero-order valence-corrected chi connectivity index (χ0v) is 39.8. The van der Waals surface area contributed by atoms with Crippen LogP contribution in [0.25, 0.3) is 0 Å². The SMILES string of the molecule is CCOC(=O)C(Cc1cc(F)c(F)cc1F)c1ccncc1.CCOC(=O)Cc1ccncc1.Fc1cc(F)c(CBr)cc1F.N[C@H](Cc1cc(F)c(F)cc1F)C1CCN(C(=O)c2ncccn2)CC1. The van der Waals surface area contributed by atoms with Crippen LogP contribution in [0.1, 0.15) is 71.0 Å². The number of hydrogen-bond donors (Lipinski definition) is 1. The topological polar surface area (TPSA) is 150 Å². The lowest BCUT2D eigenvalue weighted by atomic mass is 9.86. The van der Waals surface area contributed by atoms with Gasteiger partial charge in [-0.2, -0.15) is 0 Å². The zero-order chi connectivity index (χ0) is 52.0. The molecule has 378 valence electrons. The van der Waals surface area contributed by atoms with Gasteiger partial charge in [0.05, 0.1) is 25.6 Å². The fourth-order valence-electron chi connectivity index (χ4n) is 6.88. The molecule has 1 aliphatic heterocycles. The number of ether oxygens (including phenoxy) is 2. The van der Waals surface area contributed by atoms with Crippen LogP contribution in [0.2, 0.25) is 0 Å². The number of alkyl halides is 1. The van der Waals surface area contributed by atoms with Gasteiger partial charge in [0.25, 0.3) is 5.91 Å². The molecule has 3 aromatic heterocycles. The number of likely N-dealkylation sites (tertiary alicyclic amines) is 1. The lowest BCUT2D eigenvalue weighted by Gasteiger charge is -2.34. The summed E-state index contributed by atoms with van der Waals surface area (Å²) in [6.07, 6.45) is 10.9. The average molecular weight is 1060 g/mol. The molecular formula is C50H48BrF9N6O5. The summed E-state index contributed by atoms with van der Waals surface area (Å²) in [5, 5.41) is 0.177. The molecule has 6 aromatic rings. The molecule has 3 aromatic carbocycles. The first-order valence-electron chi connectivity index (χ1n) is 21.8. The lowest BCUT2D eigenvalue weighted by Crippen LogP contribution is -2.44. The van der Waals surface area contributed by atoms with Gasteiger partial charge >= 0.3 is 11.9 Å². The number of nitrogens with two attached hydrogens (primary N) is 1. The third kappa shape index (κ3) is 17.9. The Kier molecular flexibility index (Phi) is 23.1. The first-order chi connectivity index (χ1) is 33.9. The summed E-state index contributed by atoms with van der Waals surface area (Å²) in [7, 11) is 0. The lowest BCUT2D eigenvalue weighted by molar-refractivity contribution is -0.145. The average Bonchev–Trinajstić information content (AvgIpc) is 3.36. The van der Waals surface area contributed by atoms with Crippen molar-refractivity contribution in [2.75, 3.05) is 26.3 Å². The largest absolute Gasteiger partial charge is 0.466 e. The number of carbonyl (C=O) groups is 3. The van der Waals surface area contributed by atoms with Crippen LogP contribution in [0.4, 0.5) is 39.5 Å². The van der Waals surface area contributed by atoms with E-state index in [2.05, 4.69) is 35.9 Å². The predicted octanol–water partition coefficient (Wildman–Crippen LogP) is 9.89. The van der Waals surface area contributed by atoms with Crippen molar-refractivity contribution in [1.82, 2.24) is 24.8 Å². The number of nitrogens with zero attached hydrogens (tertiary/aromatic N) is 5. The van der Waals surface area contributed by atoms with Gasteiger partial charge in [0.2, 0.25) is 5.82 Å². The zero-order valence-electron chi connectivity index (χ0n) is 38.3. The summed E-state index contributed by atoms with van der Waals surface area (Å²) in [6.45, 7) is 5.04. The third-order valence-corrected chi connectivity index (χ3v) is 11.2. The summed E-state index contributed by atoms with van der Waals surface area (Å²) in [4.78, 5) is 52.6. The molecule has 1 saturated heterocycles. The second-order valence-electron chi connectivity index (χ2n) is 15.4. The molecule has 21 heteroatoms. The number of hydrogen-bond acceptors (Lipinski definition) is 10. The van der Waals surface area contributed by atoms with E-state index in [-0.39, 0.29) is 65.1 Å². The Hall–Kier alpha value is -6.74. The summed E-state index contributed by atoms with van der Waals surface area (Å²) in [6, 6.07) is 12.0. The molecule has 1 aliphatic rings. The van der Waals surface area contributed by atoms with Gasteiger partial charge in [0.15, 0.2) is 34.9 Å². The fraction of sp³-hybridized carbons (Fsp3) is 0.300. The number of carbonyl (C=O) groups excluding carboxylic acids is 3. The van der Waals surface area contributed by atoms with E-state index in [0.29, 0.717) is 62.7 Å². The van der Waals surface area contributed by atoms with E-state index < -0.39 is 70.3 Å². The molecule has 0 bridgehead atoms. The number of rotatable bonds is 13. The van der Waals surface area contributed by atoms with Gasteiger partial charge in [-0.3, -0.25) is 24.4 Å². The standard InChI is InChI=1S/C18H19F3N4O.C16H14F3NO2.C9H11NO2.C7H4BrF3/c19-13-10-15(21)14(20)8-12(13)9-16(22)11-2-6-25(7-3-11)18(26)17-23-4-1-5-24-17;1-2-22-16(21)12(10-3-5-20-6-4-10)7-11-8-14(18)15(19)9-13(11)17;1-2-12-9(11)7-8-3-5-10-6-4-8;8-3-4-1-6(10)7(11)2-5(4)9/h1,4-5,8,10-11,16H,2-3,6-7,9,22H2;3-6,8-9,12H,2,7H2,1H3;3-6H,2,7H2,1H3;1-2H,3H2/t16-;;;/m1.../s1. The quantitative estimate of drug-likeness (QED) is 0.0513. The van der Waals surface area contributed by atoms with Crippen LogP contribution in [0.5, 0.6) is 0 Å².